The van der Waals surface area contributed by atoms with Gasteiger partial charge in [0.25, 0.3) is 5.91 Å². The number of hydrogen-bond donors (Lipinski definition) is 2. The monoisotopic (exact) mass is 630 g/mol. The number of rotatable bonds is 8. The molecule has 0 saturated carbocycles. The Morgan fingerprint density at radius 2 is 1.96 bits per heavy atom. The Kier molecular flexibility index (Phi) is 8.00. The maximum absolute atomic E-state index is 15.7. The van der Waals surface area contributed by atoms with Crippen LogP contribution in [0.4, 0.5) is 15.9 Å². The molecule has 0 radical (unpaired) electrons. The minimum atomic E-state index is -0.608. The lowest BCUT2D eigenvalue weighted by Gasteiger charge is -2.12. The minimum Gasteiger partial charge on any atom is -0.421 e. The van der Waals surface area contributed by atoms with Crippen LogP contribution in [-0.2, 0) is 11.3 Å². The Balaban J connectivity index is 1.54. The van der Waals surface area contributed by atoms with E-state index in [1.54, 1.807) is 55.4 Å². The zero-order valence-electron chi connectivity index (χ0n) is 25.1. The number of halogens is 1. The maximum atomic E-state index is 15.7. The van der Waals surface area contributed by atoms with Crippen molar-refractivity contribution in [3.63, 3.8) is 0 Å². The van der Waals surface area contributed by atoms with Crippen LogP contribution in [-0.4, -0.2) is 30.6 Å². The van der Waals surface area contributed by atoms with Gasteiger partial charge in [0.05, 0.1) is 12.3 Å². The highest BCUT2D eigenvalue weighted by molar-refractivity contribution is 7.23. The van der Waals surface area contributed by atoms with Crippen LogP contribution in [0.25, 0.3) is 42.8 Å². The van der Waals surface area contributed by atoms with Gasteiger partial charge in [0.2, 0.25) is 0 Å². The summed E-state index contributed by atoms with van der Waals surface area (Å²) in [5.74, 6) is -0.634. The van der Waals surface area contributed by atoms with Gasteiger partial charge in [-0.05, 0) is 67.8 Å². The van der Waals surface area contributed by atoms with Crippen LogP contribution in [0.15, 0.2) is 79.4 Å². The molecule has 0 bridgehead atoms. The summed E-state index contributed by atoms with van der Waals surface area (Å²) in [5.41, 5.74) is 12.8. The Bertz CT molecular complexity index is 2220. The van der Waals surface area contributed by atoms with Crippen LogP contribution in [0.3, 0.4) is 0 Å². The van der Waals surface area contributed by atoms with Gasteiger partial charge in [-0.2, -0.15) is 10.4 Å². The van der Waals surface area contributed by atoms with E-state index in [4.69, 9.17) is 15.7 Å². The van der Waals surface area contributed by atoms with Gasteiger partial charge in [0.1, 0.15) is 12.4 Å². The van der Waals surface area contributed by atoms with Crippen molar-refractivity contribution < 1.29 is 13.9 Å². The topological polar surface area (TPSA) is 145 Å². The number of carbonyl (C=O) groups is 1. The Morgan fingerprint density at radius 3 is 2.67 bits per heavy atom. The molecule has 6 rings (SSSR count). The molecule has 3 N–H and O–H groups in total. The van der Waals surface area contributed by atoms with Crippen molar-refractivity contribution in [2.75, 3.05) is 11.1 Å². The molecule has 12 heteroatoms. The van der Waals surface area contributed by atoms with Crippen molar-refractivity contribution in [1.82, 2.24) is 24.7 Å². The number of fused-ring (bicyclic) bond motifs is 1. The smallest absolute Gasteiger partial charge is 0.322 e. The van der Waals surface area contributed by atoms with Crippen molar-refractivity contribution in [3.8, 4) is 50.5 Å². The largest absolute Gasteiger partial charge is 0.421 e. The van der Waals surface area contributed by atoms with Crippen LogP contribution >= 0.6 is 11.3 Å². The Morgan fingerprint density at radius 1 is 1.13 bits per heavy atom. The Hall–Kier alpha value is -5.93. The fourth-order valence-corrected chi connectivity index (χ4v) is 6.46. The molecule has 4 aromatic heterocycles. The highest BCUT2D eigenvalue weighted by Crippen LogP contribution is 2.50. The summed E-state index contributed by atoms with van der Waals surface area (Å²) < 4.78 is 23.7. The van der Waals surface area contributed by atoms with E-state index in [1.165, 1.54) is 23.5 Å². The number of aryl methyl sites for hydroxylation is 2. The normalized spacial score (nSPS) is 10.9. The molecule has 2 aromatic carbocycles. The number of nitrogens with zero attached hydrogens (tertiary/aromatic N) is 6. The first-order valence-corrected chi connectivity index (χ1v) is 14.9. The molecular weight excluding hydrogens is 603 g/mol. The highest BCUT2D eigenvalue weighted by Gasteiger charge is 2.24. The summed E-state index contributed by atoms with van der Waals surface area (Å²) in [4.78, 5) is 25.9. The van der Waals surface area contributed by atoms with Crippen LogP contribution in [0.5, 0.6) is 11.8 Å². The minimum absolute atomic E-state index is 0.0269. The number of carbonyl (C=O) groups excluding carboxylic acids is 1. The number of nitrogens with two attached hydrogens (primary N) is 1. The maximum Gasteiger partial charge on any atom is 0.322 e. The molecule has 0 atom stereocenters. The SMILES string of the molecule is C=C(C)C(=O)Nc1ccc(-c2sc3c(-c4cnn(CC#N)c4)cnc(N)c3c2-c2ccc(Oc3nccc(C)n3)c(F)c2)c(C)c1. The number of hydrogen-bond acceptors (Lipinski definition) is 9. The van der Waals surface area contributed by atoms with Crippen molar-refractivity contribution in [2.45, 2.75) is 27.3 Å². The molecule has 46 heavy (non-hydrogen) atoms. The third-order valence-electron chi connectivity index (χ3n) is 7.23. The zero-order valence-corrected chi connectivity index (χ0v) is 25.9. The number of thiophene rings is 1. The van der Waals surface area contributed by atoms with Crippen LogP contribution in [0, 0.1) is 31.0 Å². The molecule has 0 aliphatic rings. The molecule has 0 spiro atoms. The predicted octanol–water partition coefficient (Wildman–Crippen LogP) is 7.45. The molecule has 0 aliphatic heterocycles. The van der Waals surface area contributed by atoms with E-state index >= 15 is 4.39 Å². The molecule has 0 aliphatic carbocycles. The molecule has 4 heterocycles. The molecule has 228 valence electrons. The van der Waals surface area contributed by atoms with Gasteiger partial charge < -0.3 is 15.8 Å². The van der Waals surface area contributed by atoms with Crippen molar-refractivity contribution in [1.29, 1.82) is 5.26 Å². The number of anilines is 2. The van der Waals surface area contributed by atoms with Crippen LogP contribution in [0.2, 0.25) is 0 Å². The van der Waals surface area contributed by atoms with Gasteiger partial charge in [-0.15, -0.1) is 11.3 Å². The fraction of sp³-hybridized carbons (Fsp3) is 0.118. The second kappa shape index (κ2) is 12.2. The summed E-state index contributed by atoms with van der Waals surface area (Å²) >= 11 is 1.49. The summed E-state index contributed by atoms with van der Waals surface area (Å²) in [6, 6.07) is 14.1. The fourth-order valence-electron chi connectivity index (χ4n) is 5.00. The molecule has 1 amide bonds. The van der Waals surface area contributed by atoms with Gasteiger partial charge in [0, 0.05) is 67.2 Å². The third-order valence-corrected chi connectivity index (χ3v) is 8.49. The standard InChI is InChI=1S/C34H27FN8O2S/c1-18(2)33(44)42-23-6-7-24(19(3)13-23)30-28(21-5-8-27(26(35)14-21)45-34-38-11-9-20(4)41-34)29-31(46-30)25(16-39-32(29)37)22-15-40-43(17-22)12-10-36/h5-9,11,13-17H,1,12H2,2-4H3,(H2,37,39)(H,42,44). The van der Waals surface area contributed by atoms with Gasteiger partial charge >= 0.3 is 6.01 Å². The van der Waals surface area contributed by atoms with Gasteiger partial charge in [0.15, 0.2) is 11.6 Å². The van der Waals surface area contributed by atoms with Gasteiger partial charge in [-0.1, -0.05) is 18.7 Å². The molecule has 6 aromatic rings. The van der Waals surface area contributed by atoms with Gasteiger partial charge in [-0.25, -0.2) is 19.3 Å². The first-order chi connectivity index (χ1) is 22.1. The number of nitrogen functional groups attached to an aromatic ring is 1. The number of aromatic nitrogens is 5. The van der Waals surface area contributed by atoms with E-state index in [9.17, 15) is 4.79 Å². The van der Waals surface area contributed by atoms with E-state index in [-0.39, 0.29) is 30.0 Å². The van der Waals surface area contributed by atoms with Crippen molar-refractivity contribution in [3.05, 3.63) is 96.5 Å². The van der Waals surface area contributed by atoms with Crippen LogP contribution < -0.4 is 15.8 Å². The van der Waals surface area contributed by atoms with Crippen molar-refractivity contribution in [2.24, 2.45) is 0 Å². The van der Waals surface area contributed by atoms with E-state index in [0.29, 0.717) is 33.5 Å². The predicted molar refractivity (Wildman–Crippen MR) is 177 cm³/mol. The highest BCUT2D eigenvalue weighted by atomic mass is 32.1. The van der Waals surface area contributed by atoms with E-state index in [0.717, 1.165) is 31.8 Å². The number of pyridine rings is 1. The number of benzene rings is 2. The first-order valence-electron chi connectivity index (χ1n) is 14.1. The number of amides is 1. The first kappa shape index (κ1) is 30.1. The van der Waals surface area contributed by atoms with Crippen molar-refractivity contribution >= 4 is 38.8 Å². The Labute approximate surface area is 267 Å². The molecule has 0 fully saturated rings. The lowest BCUT2D eigenvalue weighted by molar-refractivity contribution is -0.112. The second-order valence-electron chi connectivity index (χ2n) is 10.6. The quantitative estimate of drug-likeness (QED) is 0.165. The number of nitrogens with one attached hydrogen (secondary N) is 1. The molecule has 0 saturated heterocycles. The second-order valence-corrected chi connectivity index (χ2v) is 11.7. The number of ether oxygens (including phenoxy) is 1. The summed E-state index contributed by atoms with van der Waals surface area (Å²) in [5, 5.41) is 17.0. The lowest BCUT2D eigenvalue weighted by atomic mass is 9.95. The summed E-state index contributed by atoms with van der Waals surface area (Å²) in [7, 11) is 0. The lowest BCUT2D eigenvalue weighted by Crippen LogP contribution is -2.11. The molecule has 10 nitrogen and oxygen atoms in total. The molecule has 0 unspecified atom stereocenters. The van der Waals surface area contributed by atoms with E-state index in [2.05, 4.69) is 38.0 Å². The zero-order chi connectivity index (χ0) is 32.5. The molecular formula is C34H27FN8O2S. The van der Waals surface area contributed by atoms with Gasteiger partial charge in [-0.3, -0.25) is 9.48 Å². The summed E-state index contributed by atoms with van der Waals surface area (Å²) in [6.45, 7) is 9.18. The number of nitriles is 1. The average Bonchev–Trinajstić information content (AvgIpc) is 3.64. The third kappa shape index (κ3) is 5.79. The average molecular weight is 631 g/mol. The summed E-state index contributed by atoms with van der Waals surface area (Å²) in [6.07, 6.45) is 6.67. The van der Waals surface area contributed by atoms with E-state index in [1.807, 2.05) is 25.1 Å². The van der Waals surface area contributed by atoms with E-state index < -0.39 is 5.82 Å². The van der Waals surface area contributed by atoms with Crippen LogP contribution in [0.1, 0.15) is 18.2 Å².